The first-order valence-corrected chi connectivity index (χ1v) is 6.68. The molecule has 0 bridgehead atoms. The van der Waals surface area contributed by atoms with Gasteiger partial charge in [-0.3, -0.25) is 0 Å². The molecule has 1 aromatic carbocycles. The summed E-state index contributed by atoms with van der Waals surface area (Å²) in [6.45, 7) is 3.49. The molecule has 2 N–H and O–H groups in total. The lowest BCUT2D eigenvalue weighted by molar-refractivity contribution is 0.236. The SMILES string of the molecule is CCOc1cccc(OCCNC(=O)NC2CC2)c1. The summed E-state index contributed by atoms with van der Waals surface area (Å²) in [6, 6.07) is 7.74. The van der Waals surface area contributed by atoms with Gasteiger partial charge in [-0.2, -0.15) is 0 Å². The Balaban J connectivity index is 1.64. The van der Waals surface area contributed by atoms with Crippen LogP contribution in [0.15, 0.2) is 24.3 Å². The van der Waals surface area contributed by atoms with Crippen LogP contribution < -0.4 is 20.1 Å². The lowest BCUT2D eigenvalue weighted by Crippen LogP contribution is -2.38. The first-order chi connectivity index (χ1) is 9.28. The van der Waals surface area contributed by atoms with Gasteiger partial charge in [0, 0.05) is 12.1 Å². The Morgan fingerprint density at radius 2 is 2.05 bits per heavy atom. The zero-order valence-electron chi connectivity index (χ0n) is 11.1. The van der Waals surface area contributed by atoms with E-state index in [9.17, 15) is 4.79 Å². The van der Waals surface area contributed by atoms with E-state index >= 15 is 0 Å². The van der Waals surface area contributed by atoms with Crippen molar-refractivity contribution < 1.29 is 14.3 Å². The fraction of sp³-hybridized carbons (Fsp3) is 0.500. The Bertz CT molecular complexity index is 419. The lowest BCUT2D eigenvalue weighted by atomic mass is 10.3. The van der Waals surface area contributed by atoms with Crippen LogP contribution in [0, 0.1) is 0 Å². The predicted octanol–water partition coefficient (Wildman–Crippen LogP) is 1.93. The first-order valence-electron chi connectivity index (χ1n) is 6.68. The smallest absolute Gasteiger partial charge is 0.315 e. The number of benzene rings is 1. The number of carbonyl (C=O) groups excluding carboxylic acids is 1. The molecule has 0 heterocycles. The highest BCUT2D eigenvalue weighted by Crippen LogP contribution is 2.19. The molecule has 19 heavy (non-hydrogen) atoms. The van der Waals surface area contributed by atoms with Gasteiger partial charge < -0.3 is 20.1 Å². The third kappa shape index (κ3) is 5.07. The Labute approximate surface area is 113 Å². The maximum Gasteiger partial charge on any atom is 0.315 e. The molecule has 0 unspecified atom stereocenters. The Morgan fingerprint density at radius 3 is 2.74 bits per heavy atom. The molecule has 0 aliphatic heterocycles. The van der Waals surface area contributed by atoms with E-state index in [0.29, 0.717) is 25.8 Å². The van der Waals surface area contributed by atoms with Gasteiger partial charge >= 0.3 is 6.03 Å². The van der Waals surface area contributed by atoms with Crippen LogP contribution in [0.2, 0.25) is 0 Å². The molecular formula is C14H20N2O3. The molecule has 0 spiro atoms. The zero-order chi connectivity index (χ0) is 13.5. The Hall–Kier alpha value is -1.91. The van der Waals surface area contributed by atoms with E-state index in [2.05, 4.69) is 10.6 Å². The summed E-state index contributed by atoms with van der Waals surface area (Å²) in [4.78, 5) is 11.3. The average Bonchev–Trinajstić information content (AvgIpc) is 3.19. The minimum absolute atomic E-state index is 0.117. The number of urea groups is 1. The van der Waals surface area contributed by atoms with Gasteiger partial charge in [0.1, 0.15) is 18.1 Å². The monoisotopic (exact) mass is 264 g/mol. The lowest BCUT2D eigenvalue weighted by Gasteiger charge is -2.09. The van der Waals surface area contributed by atoms with E-state index in [4.69, 9.17) is 9.47 Å². The molecule has 5 heteroatoms. The molecule has 1 aromatic rings. The van der Waals surface area contributed by atoms with E-state index in [1.165, 1.54) is 0 Å². The molecule has 1 aliphatic rings. The molecular weight excluding hydrogens is 244 g/mol. The number of nitrogens with one attached hydrogen (secondary N) is 2. The molecule has 1 fully saturated rings. The summed E-state index contributed by atoms with van der Waals surface area (Å²) in [7, 11) is 0. The quantitative estimate of drug-likeness (QED) is 0.740. The fourth-order valence-corrected chi connectivity index (χ4v) is 1.62. The molecule has 1 saturated carbocycles. The van der Waals surface area contributed by atoms with Crippen molar-refractivity contribution in [3.8, 4) is 11.5 Å². The van der Waals surface area contributed by atoms with Gasteiger partial charge in [-0.15, -0.1) is 0 Å². The second-order valence-electron chi connectivity index (χ2n) is 4.43. The molecule has 104 valence electrons. The highest BCUT2D eigenvalue weighted by Gasteiger charge is 2.22. The average molecular weight is 264 g/mol. The van der Waals surface area contributed by atoms with Gasteiger partial charge in [0.25, 0.3) is 0 Å². The summed E-state index contributed by atoms with van der Waals surface area (Å²) in [5, 5.41) is 5.61. The zero-order valence-corrected chi connectivity index (χ0v) is 11.1. The van der Waals surface area contributed by atoms with Crippen LogP contribution in [-0.4, -0.2) is 31.8 Å². The van der Waals surface area contributed by atoms with Crippen molar-refractivity contribution >= 4 is 6.03 Å². The minimum Gasteiger partial charge on any atom is -0.494 e. The van der Waals surface area contributed by atoms with Gasteiger partial charge in [-0.05, 0) is 31.9 Å². The minimum atomic E-state index is -0.117. The van der Waals surface area contributed by atoms with E-state index in [1.54, 1.807) is 0 Å². The van der Waals surface area contributed by atoms with Crippen molar-refractivity contribution in [3.05, 3.63) is 24.3 Å². The second kappa shape index (κ2) is 6.87. The van der Waals surface area contributed by atoms with Gasteiger partial charge in [-0.25, -0.2) is 4.79 Å². The molecule has 0 radical (unpaired) electrons. The maximum absolute atomic E-state index is 11.3. The number of rotatable bonds is 7. The number of hydrogen-bond donors (Lipinski definition) is 2. The topological polar surface area (TPSA) is 59.6 Å². The van der Waals surface area contributed by atoms with Crippen LogP contribution in [0.5, 0.6) is 11.5 Å². The van der Waals surface area contributed by atoms with E-state index < -0.39 is 0 Å². The van der Waals surface area contributed by atoms with Crippen molar-refractivity contribution in [2.75, 3.05) is 19.8 Å². The molecule has 0 atom stereocenters. The third-order valence-corrected chi connectivity index (χ3v) is 2.69. The second-order valence-corrected chi connectivity index (χ2v) is 4.43. The summed E-state index contributed by atoms with van der Waals surface area (Å²) < 4.78 is 10.9. The first kappa shape index (κ1) is 13.5. The van der Waals surface area contributed by atoms with Crippen LogP contribution in [0.3, 0.4) is 0 Å². The van der Waals surface area contributed by atoms with Crippen molar-refractivity contribution in [1.29, 1.82) is 0 Å². The van der Waals surface area contributed by atoms with Crippen LogP contribution in [-0.2, 0) is 0 Å². The van der Waals surface area contributed by atoms with Crippen molar-refractivity contribution in [3.63, 3.8) is 0 Å². The molecule has 2 amide bonds. The number of amides is 2. The summed E-state index contributed by atoms with van der Waals surface area (Å²) in [5.41, 5.74) is 0. The van der Waals surface area contributed by atoms with E-state index in [1.807, 2.05) is 31.2 Å². The summed E-state index contributed by atoms with van der Waals surface area (Å²) >= 11 is 0. The van der Waals surface area contributed by atoms with Crippen molar-refractivity contribution in [2.24, 2.45) is 0 Å². The van der Waals surface area contributed by atoms with Crippen LogP contribution in [0.4, 0.5) is 4.79 Å². The largest absolute Gasteiger partial charge is 0.494 e. The highest BCUT2D eigenvalue weighted by molar-refractivity contribution is 5.74. The number of carbonyl (C=O) groups is 1. The molecule has 2 rings (SSSR count). The maximum atomic E-state index is 11.3. The number of ether oxygens (including phenoxy) is 2. The summed E-state index contributed by atoms with van der Waals surface area (Å²) in [6.07, 6.45) is 2.18. The molecule has 5 nitrogen and oxygen atoms in total. The van der Waals surface area contributed by atoms with Gasteiger partial charge in [-0.1, -0.05) is 6.07 Å². The molecule has 0 saturated heterocycles. The van der Waals surface area contributed by atoms with Crippen LogP contribution >= 0.6 is 0 Å². The Morgan fingerprint density at radius 1 is 1.32 bits per heavy atom. The van der Waals surface area contributed by atoms with Crippen molar-refractivity contribution in [1.82, 2.24) is 10.6 Å². The summed E-state index contributed by atoms with van der Waals surface area (Å²) in [5.74, 6) is 1.54. The molecule has 0 aromatic heterocycles. The van der Waals surface area contributed by atoms with E-state index in [0.717, 1.165) is 24.3 Å². The highest BCUT2D eigenvalue weighted by atomic mass is 16.5. The van der Waals surface area contributed by atoms with Gasteiger partial charge in [0.2, 0.25) is 0 Å². The normalized spacial score (nSPS) is 13.7. The van der Waals surface area contributed by atoms with Crippen LogP contribution in [0.25, 0.3) is 0 Å². The van der Waals surface area contributed by atoms with Gasteiger partial charge in [0.15, 0.2) is 0 Å². The Kier molecular flexibility index (Phi) is 4.89. The molecule has 1 aliphatic carbocycles. The fourth-order valence-electron chi connectivity index (χ4n) is 1.62. The van der Waals surface area contributed by atoms with E-state index in [-0.39, 0.29) is 6.03 Å². The third-order valence-electron chi connectivity index (χ3n) is 2.69. The van der Waals surface area contributed by atoms with Crippen LogP contribution in [0.1, 0.15) is 19.8 Å². The standard InChI is InChI=1S/C14H20N2O3/c1-2-18-12-4-3-5-13(10-12)19-9-8-15-14(17)16-11-6-7-11/h3-5,10-11H,2,6-9H2,1H3,(H2,15,16,17). The predicted molar refractivity (Wildman–Crippen MR) is 72.7 cm³/mol. The van der Waals surface area contributed by atoms with Crippen molar-refractivity contribution in [2.45, 2.75) is 25.8 Å². The number of hydrogen-bond acceptors (Lipinski definition) is 3. The van der Waals surface area contributed by atoms with Gasteiger partial charge in [0.05, 0.1) is 13.2 Å².